The van der Waals surface area contributed by atoms with E-state index < -0.39 is 0 Å². The number of amides is 1. The first kappa shape index (κ1) is 25.7. The van der Waals surface area contributed by atoms with Crippen molar-refractivity contribution in [3.05, 3.63) is 63.3 Å². The van der Waals surface area contributed by atoms with Gasteiger partial charge >= 0.3 is 0 Å². The summed E-state index contributed by atoms with van der Waals surface area (Å²) < 4.78 is 19.3. The summed E-state index contributed by atoms with van der Waals surface area (Å²) in [5, 5.41) is 13.4. The molecule has 9 nitrogen and oxygen atoms in total. The largest absolute Gasteiger partial charge is 0.493 e. The van der Waals surface area contributed by atoms with Gasteiger partial charge in [0.25, 0.3) is 5.91 Å². The summed E-state index contributed by atoms with van der Waals surface area (Å²) >= 11 is 6.18. The standard InChI is InChI=1S/C24H22BrN5O4S2/c1-32-18-11-15(12-19(33-2)22(18)34-3)23-28-29-24(30(23)16-7-5-4-6-8-16)35-14-21(31)27-26-13-17-9-10-20(25)36-17/h4-13H,14H2,1-3H3,(H,27,31). The first-order chi connectivity index (χ1) is 17.5. The van der Waals surface area contributed by atoms with Crippen molar-refractivity contribution < 1.29 is 19.0 Å². The number of thioether (sulfide) groups is 1. The number of methoxy groups -OCH3 is 3. The predicted molar refractivity (Wildman–Crippen MR) is 145 cm³/mol. The van der Waals surface area contributed by atoms with Crippen LogP contribution >= 0.6 is 39.0 Å². The molecule has 4 aromatic rings. The number of benzene rings is 2. The number of para-hydroxylation sites is 1. The molecule has 0 aliphatic rings. The van der Waals surface area contributed by atoms with E-state index in [1.165, 1.54) is 23.1 Å². The van der Waals surface area contributed by atoms with Crippen LogP contribution in [0.2, 0.25) is 0 Å². The van der Waals surface area contributed by atoms with Crippen LogP contribution in [0.5, 0.6) is 17.2 Å². The average Bonchev–Trinajstić information content (AvgIpc) is 3.52. The van der Waals surface area contributed by atoms with E-state index in [-0.39, 0.29) is 11.7 Å². The summed E-state index contributed by atoms with van der Waals surface area (Å²) in [5.74, 6) is 1.88. The van der Waals surface area contributed by atoms with E-state index in [9.17, 15) is 4.79 Å². The molecular weight excluding hydrogens is 566 g/mol. The molecule has 0 fully saturated rings. The number of carbonyl (C=O) groups is 1. The van der Waals surface area contributed by atoms with Gasteiger partial charge < -0.3 is 14.2 Å². The normalized spacial score (nSPS) is 11.0. The number of aromatic nitrogens is 3. The molecule has 0 unspecified atom stereocenters. The highest BCUT2D eigenvalue weighted by Gasteiger charge is 2.21. The summed E-state index contributed by atoms with van der Waals surface area (Å²) in [6.07, 6.45) is 1.60. The lowest BCUT2D eigenvalue weighted by molar-refractivity contribution is -0.118. The van der Waals surface area contributed by atoms with E-state index in [0.717, 1.165) is 14.4 Å². The third kappa shape index (κ3) is 5.89. The summed E-state index contributed by atoms with van der Waals surface area (Å²) in [5.41, 5.74) is 4.10. The monoisotopic (exact) mass is 587 g/mol. The van der Waals surface area contributed by atoms with Crippen molar-refractivity contribution in [3.63, 3.8) is 0 Å². The van der Waals surface area contributed by atoms with E-state index >= 15 is 0 Å². The first-order valence-electron chi connectivity index (χ1n) is 10.5. The molecule has 2 aromatic carbocycles. The van der Waals surface area contributed by atoms with Gasteiger partial charge in [-0.1, -0.05) is 30.0 Å². The number of rotatable bonds is 10. The second-order valence-electron chi connectivity index (χ2n) is 7.11. The minimum Gasteiger partial charge on any atom is -0.493 e. The fourth-order valence-corrected chi connectivity index (χ4v) is 5.34. The Balaban J connectivity index is 1.61. The summed E-state index contributed by atoms with van der Waals surface area (Å²) in [6.45, 7) is 0. The van der Waals surface area contributed by atoms with Crippen LogP contribution in [0, 0.1) is 0 Å². The minimum absolute atomic E-state index is 0.103. The molecule has 0 saturated heterocycles. The van der Waals surface area contributed by atoms with Crippen molar-refractivity contribution in [1.82, 2.24) is 20.2 Å². The molecule has 1 amide bonds. The third-order valence-corrected chi connectivity index (χ3v) is 7.37. The van der Waals surface area contributed by atoms with E-state index in [4.69, 9.17) is 14.2 Å². The number of nitrogens with one attached hydrogen (secondary N) is 1. The van der Waals surface area contributed by atoms with Crippen molar-refractivity contribution in [2.75, 3.05) is 27.1 Å². The average molecular weight is 589 g/mol. The Bertz CT molecular complexity index is 1350. The molecule has 2 heterocycles. The number of hydrazone groups is 1. The van der Waals surface area contributed by atoms with Gasteiger partial charge in [-0.3, -0.25) is 9.36 Å². The fourth-order valence-electron chi connectivity index (χ4n) is 3.30. The second-order valence-corrected chi connectivity index (χ2v) is 10.6. The quantitative estimate of drug-likeness (QED) is 0.158. The topological polar surface area (TPSA) is 99.9 Å². The zero-order chi connectivity index (χ0) is 25.5. The Morgan fingerprint density at radius 3 is 2.42 bits per heavy atom. The van der Waals surface area contributed by atoms with Crippen LogP contribution in [0.3, 0.4) is 0 Å². The molecule has 186 valence electrons. The lowest BCUT2D eigenvalue weighted by Gasteiger charge is -2.15. The van der Waals surface area contributed by atoms with Gasteiger partial charge in [-0.25, -0.2) is 5.43 Å². The molecule has 0 aliphatic heterocycles. The van der Waals surface area contributed by atoms with Crippen LogP contribution < -0.4 is 19.6 Å². The maximum atomic E-state index is 12.4. The molecule has 12 heteroatoms. The van der Waals surface area contributed by atoms with E-state index in [1.54, 1.807) is 27.5 Å². The second kappa shape index (κ2) is 12.1. The van der Waals surface area contributed by atoms with Gasteiger partial charge in [0.15, 0.2) is 22.5 Å². The number of halogens is 1. The SMILES string of the molecule is COc1cc(-c2nnc(SCC(=O)NN=Cc3ccc(Br)s3)n2-c2ccccc2)cc(OC)c1OC. The Morgan fingerprint density at radius 1 is 1.08 bits per heavy atom. The molecule has 0 bridgehead atoms. The Morgan fingerprint density at radius 2 is 1.81 bits per heavy atom. The number of hydrogen-bond donors (Lipinski definition) is 1. The molecule has 0 atom stereocenters. The van der Waals surface area contributed by atoms with Crippen LogP contribution in [0.15, 0.2) is 68.6 Å². The van der Waals surface area contributed by atoms with Gasteiger partial charge in [-0.15, -0.1) is 21.5 Å². The highest BCUT2D eigenvalue weighted by Crippen LogP contribution is 2.41. The van der Waals surface area contributed by atoms with Gasteiger partial charge in [-0.2, -0.15) is 5.10 Å². The molecule has 0 aliphatic carbocycles. The lowest BCUT2D eigenvalue weighted by atomic mass is 10.1. The summed E-state index contributed by atoms with van der Waals surface area (Å²) in [6, 6.07) is 17.1. The summed E-state index contributed by atoms with van der Waals surface area (Å²) in [4.78, 5) is 13.3. The number of nitrogens with zero attached hydrogens (tertiary/aromatic N) is 4. The van der Waals surface area contributed by atoms with Gasteiger partial charge in [0.1, 0.15) is 0 Å². The van der Waals surface area contributed by atoms with Gasteiger partial charge in [0.2, 0.25) is 5.75 Å². The van der Waals surface area contributed by atoms with Crippen LogP contribution in [0.1, 0.15) is 4.88 Å². The van der Waals surface area contributed by atoms with E-state index in [2.05, 4.69) is 36.7 Å². The van der Waals surface area contributed by atoms with Crippen molar-refractivity contribution in [2.45, 2.75) is 5.16 Å². The third-order valence-electron chi connectivity index (χ3n) is 4.88. The Kier molecular flexibility index (Phi) is 8.62. The highest BCUT2D eigenvalue weighted by molar-refractivity contribution is 9.11. The molecule has 0 saturated carbocycles. The number of thiophene rings is 1. The molecule has 0 spiro atoms. The molecule has 4 rings (SSSR count). The fraction of sp³-hybridized carbons (Fsp3) is 0.167. The number of carbonyl (C=O) groups excluding carboxylic acids is 1. The van der Waals surface area contributed by atoms with Crippen molar-refractivity contribution in [1.29, 1.82) is 0 Å². The van der Waals surface area contributed by atoms with E-state index in [1.807, 2.05) is 59.2 Å². The van der Waals surface area contributed by atoms with E-state index in [0.29, 0.717) is 33.8 Å². The highest BCUT2D eigenvalue weighted by atomic mass is 79.9. The van der Waals surface area contributed by atoms with Crippen molar-refractivity contribution in [2.24, 2.45) is 5.10 Å². The molecule has 0 radical (unpaired) electrons. The van der Waals surface area contributed by atoms with Gasteiger partial charge in [0, 0.05) is 16.1 Å². The molecule has 36 heavy (non-hydrogen) atoms. The van der Waals surface area contributed by atoms with Crippen molar-refractivity contribution >= 4 is 51.2 Å². The Hall–Kier alpha value is -3.35. The number of hydrogen-bond acceptors (Lipinski definition) is 9. The zero-order valence-corrected chi connectivity index (χ0v) is 22.8. The zero-order valence-electron chi connectivity index (χ0n) is 19.6. The smallest absolute Gasteiger partial charge is 0.250 e. The maximum Gasteiger partial charge on any atom is 0.250 e. The molecular formula is C24H22BrN5O4S2. The molecule has 2 aromatic heterocycles. The van der Waals surface area contributed by atoms with Crippen molar-refractivity contribution in [3.8, 4) is 34.3 Å². The minimum atomic E-state index is -0.260. The van der Waals surface area contributed by atoms with Gasteiger partial charge in [0.05, 0.1) is 37.1 Å². The lowest BCUT2D eigenvalue weighted by Crippen LogP contribution is -2.19. The van der Waals surface area contributed by atoms with Crippen LogP contribution in [-0.4, -0.2) is 54.0 Å². The van der Waals surface area contributed by atoms with Crippen LogP contribution in [0.4, 0.5) is 0 Å². The van der Waals surface area contributed by atoms with Crippen LogP contribution in [-0.2, 0) is 4.79 Å². The number of ether oxygens (including phenoxy) is 3. The van der Waals surface area contributed by atoms with Gasteiger partial charge in [-0.05, 0) is 52.3 Å². The molecule has 1 N–H and O–H groups in total. The maximum absolute atomic E-state index is 12.4. The summed E-state index contributed by atoms with van der Waals surface area (Å²) in [7, 11) is 4.67. The predicted octanol–water partition coefficient (Wildman–Crippen LogP) is 5.03. The van der Waals surface area contributed by atoms with Crippen LogP contribution in [0.25, 0.3) is 17.1 Å². The Labute approximate surface area is 224 Å². The first-order valence-corrected chi connectivity index (χ1v) is 13.1.